The van der Waals surface area contributed by atoms with E-state index >= 15 is 0 Å². The quantitative estimate of drug-likeness (QED) is 0.783. The number of halogens is 3. The molecule has 0 saturated carbocycles. The van der Waals surface area contributed by atoms with Gasteiger partial charge in [-0.15, -0.1) is 0 Å². The Labute approximate surface area is 171 Å². The van der Waals surface area contributed by atoms with Crippen LogP contribution >= 0.6 is 0 Å². The van der Waals surface area contributed by atoms with Gasteiger partial charge >= 0.3 is 6.18 Å². The van der Waals surface area contributed by atoms with E-state index in [1.807, 2.05) is 0 Å². The summed E-state index contributed by atoms with van der Waals surface area (Å²) in [7, 11) is 0. The van der Waals surface area contributed by atoms with Crippen LogP contribution in [0.5, 0.6) is 0 Å². The third-order valence-corrected chi connectivity index (χ3v) is 5.91. The normalized spacial score (nSPS) is 20.4. The molecule has 1 atom stereocenters. The van der Waals surface area contributed by atoms with Gasteiger partial charge in [-0.05, 0) is 36.5 Å². The third kappa shape index (κ3) is 3.06. The van der Waals surface area contributed by atoms with Crippen LogP contribution in [0.3, 0.4) is 0 Å². The van der Waals surface area contributed by atoms with Gasteiger partial charge in [-0.3, -0.25) is 9.59 Å². The molecule has 0 spiro atoms. The van der Waals surface area contributed by atoms with Crippen LogP contribution in [-0.4, -0.2) is 41.1 Å². The fraction of sp³-hybridized carbons (Fsp3) is 0.364. The van der Waals surface area contributed by atoms with E-state index in [-0.39, 0.29) is 33.7 Å². The van der Waals surface area contributed by atoms with Crippen molar-refractivity contribution in [3.63, 3.8) is 0 Å². The molecule has 0 radical (unpaired) electrons. The number of aryl methyl sites for hydroxylation is 1. The summed E-state index contributed by atoms with van der Waals surface area (Å²) in [5, 5.41) is 10.9. The predicted octanol–water partition coefficient (Wildman–Crippen LogP) is 3.12. The van der Waals surface area contributed by atoms with E-state index in [1.165, 1.54) is 30.3 Å². The Bertz CT molecular complexity index is 1030. The van der Waals surface area contributed by atoms with Crippen molar-refractivity contribution in [2.75, 3.05) is 13.1 Å². The number of nitrogens with two attached hydrogens (primary N) is 1. The lowest BCUT2D eigenvalue weighted by Crippen LogP contribution is -2.41. The number of alkyl halides is 3. The minimum Gasteiger partial charge on any atom is -0.372 e. The van der Waals surface area contributed by atoms with E-state index in [1.54, 1.807) is 11.0 Å². The van der Waals surface area contributed by atoms with E-state index in [0.717, 1.165) is 6.42 Å². The molecule has 2 aromatic carbocycles. The van der Waals surface area contributed by atoms with Crippen LogP contribution in [0.15, 0.2) is 36.4 Å². The summed E-state index contributed by atoms with van der Waals surface area (Å²) in [6, 6.07) is 8.43. The van der Waals surface area contributed by atoms with E-state index in [2.05, 4.69) is 0 Å². The van der Waals surface area contributed by atoms with Crippen molar-refractivity contribution in [1.29, 1.82) is 0 Å². The molecule has 1 unspecified atom stereocenters. The standard InChI is InChI=1S/C22H21F3N2O3/c23-22(24,25)21(30)16-7-2-1-6-14(16)19-15(20(26)29)11-13(12-17(19)21)5-3-9-27-10-4-8-18(27)28/h1-2,6-7,11-12,30H,3-5,8-10H2,(H2,26,29). The van der Waals surface area contributed by atoms with Crippen LogP contribution < -0.4 is 5.73 Å². The second kappa shape index (κ2) is 7.12. The molecule has 4 rings (SSSR count). The SMILES string of the molecule is NC(=O)c1cc(CCCN2CCCC2=O)cc2c1-c1ccccc1C2(O)C(F)(F)F. The second-order valence-corrected chi connectivity index (χ2v) is 7.77. The summed E-state index contributed by atoms with van der Waals surface area (Å²) in [5.41, 5.74) is 2.19. The largest absolute Gasteiger partial charge is 0.425 e. The summed E-state index contributed by atoms with van der Waals surface area (Å²) in [6.45, 7) is 1.17. The lowest BCUT2D eigenvalue weighted by atomic mass is 9.88. The Morgan fingerprint density at radius 3 is 2.57 bits per heavy atom. The average Bonchev–Trinajstić information content (AvgIpc) is 3.21. The number of aliphatic hydroxyl groups is 1. The predicted molar refractivity (Wildman–Crippen MR) is 104 cm³/mol. The highest BCUT2D eigenvalue weighted by Gasteiger charge is 2.61. The van der Waals surface area contributed by atoms with Gasteiger partial charge in [0.2, 0.25) is 17.4 Å². The van der Waals surface area contributed by atoms with Crippen LogP contribution in [0.4, 0.5) is 13.2 Å². The van der Waals surface area contributed by atoms with Crippen molar-refractivity contribution in [3.8, 4) is 11.1 Å². The monoisotopic (exact) mass is 418 g/mol. The number of hydrogen-bond donors (Lipinski definition) is 2. The number of carbonyl (C=O) groups excluding carboxylic acids is 2. The lowest BCUT2D eigenvalue weighted by molar-refractivity contribution is -0.246. The highest BCUT2D eigenvalue weighted by molar-refractivity contribution is 6.03. The molecule has 2 aliphatic rings. The molecule has 2 aromatic rings. The summed E-state index contributed by atoms with van der Waals surface area (Å²) in [4.78, 5) is 25.6. The molecular weight excluding hydrogens is 397 g/mol. The average molecular weight is 418 g/mol. The first-order valence-corrected chi connectivity index (χ1v) is 9.78. The van der Waals surface area contributed by atoms with Gasteiger partial charge in [0.15, 0.2) is 0 Å². The number of likely N-dealkylation sites (tertiary alicyclic amines) is 1. The maximum atomic E-state index is 14.1. The molecule has 1 fully saturated rings. The first-order valence-electron chi connectivity index (χ1n) is 9.78. The molecule has 1 saturated heterocycles. The number of hydrogen-bond acceptors (Lipinski definition) is 3. The Morgan fingerprint density at radius 1 is 1.20 bits per heavy atom. The van der Waals surface area contributed by atoms with Crippen molar-refractivity contribution in [2.24, 2.45) is 5.73 Å². The number of benzene rings is 2. The van der Waals surface area contributed by atoms with Gasteiger partial charge < -0.3 is 15.7 Å². The summed E-state index contributed by atoms with van der Waals surface area (Å²) in [6.07, 6.45) is -2.78. The Balaban J connectivity index is 1.76. The van der Waals surface area contributed by atoms with E-state index in [4.69, 9.17) is 5.73 Å². The minimum absolute atomic E-state index is 0.0244. The number of primary amides is 1. The molecule has 1 aliphatic carbocycles. The third-order valence-electron chi connectivity index (χ3n) is 5.91. The minimum atomic E-state index is -4.98. The number of rotatable bonds is 5. The van der Waals surface area contributed by atoms with Crippen molar-refractivity contribution < 1.29 is 27.9 Å². The topological polar surface area (TPSA) is 83.6 Å². The number of amides is 2. The number of fused-ring (bicyclic) bond motifs is 3. The molecule has 30 heavy (non-hydrogen) atoms. The van der Waals surface area contributed by atoms with Gasteiger partial charge in [0.25, 0.3) is 0 Å². The fourth-order valence-electron chi connectivity index (χ4n) is 4.50. The molecule has 0 aromatic heterocycles. The zero-order chi connectivity index (χ0) is 21.7. The summed E-state index contributed by atoms with van der Waals surface area (Å²) in [5.74, 6) is -0.785. The number of carbonyl (C=O) groups is 2. The number of nitrogens with zero attached hydrogens (tertiary/aromatic N) is 1. The van der Waals surface area contributed by atoms with Crippen LogP contribution in [0.2, 0.25) is 0 Å². The smallest absolute Gasteiger partial charge is 0.372 e. The molecule has 158 valence electrons. The van der Waals surface area contributed by atoms with Gasteiger partial charge in [-0.2, -0.15) is 13.2 Å². The van der Waals surface area contributed by atoms with Crippen molar-refractivity contribution in [1.82, 2.24) is 4.90 Å². The van der Waals surface area contributed by atoms with Gasteiger partial charge in [0.05, 0.1) is 0 Å². The van der Waals surface area contributed by atoms with Crippen molar-refractivity contribution in [2.45, 2.75) is 37.5 Å². The Kier molecular flexibility index (Phi) is 4.85. The van der Waals surface area contributed by atoms with E-state index in [0.29, 0.717) is 37.9 Å². The van der Waals surface area contributed by atoms with Gasteiger partial charge in [0.1, 0.15) is 0 Å². The molecular formula is C22H21F3N2O3. The van der Waals surface area contributed by atoms with Gasteiger partial charge in [-0.1, -0.05) is 30.3 Å². The Hall–Kier alpha value is -2.87. The lowest BCUT2D eigenvalue weighted by Gasteiger charge is -2.29. The fourth-order valence-corrected chi connectivity index (χ4v) is 4.50. The van der Waals surface area contributed by atoms with Crippen molar-refractivity contribution in [3.05, 3.63) is 58.7 Å². The van der Waals surface area contributed by atoms with E-state index < -0.39 is 17.7 Å². The molecule has 8 heteroatoms. The van der Waals surface area contributed by atoms with Gasteiger partial charge in [-0.25, -0.2) is 0 Å². The molecule has 1 aliphatic heterocycles. The van der Waals surface area contributed by atoms with Crippen LogP contribution in [0.25, 0.3) is 11.1 Å². The first-order chi connectivity index (χ1) is 14.1. The second-order valence-electron chi connectivity index (χ2n) is 7.77. The maximum Gasteiger partial charge on any atom is 0.425 e. The Morgan fingerprint density at radius 2 is 1.93 bits per heavy atom. The summed E-state index contributed by atoms with van der Waals surface area (Å²) < 4.78 is 42.2. The first kappa shape index (κ1) is 20.4. The van der Waals surface area contributed by atoms with Crippen LogP contribution in [-0.2, 0) is 16.8 Å². The molecule has 3 N–H and O–H groups in total. The molecule has 2 amide bonds. The molecule has 0 bridgehead atoms. The highest BCUT2D eigenvalue weighted by Crippen LogP contribution is 2.56. The van der Waals surface area contributed by atoms with Gasteiger partial charge in [0, 0.05) is 41.8 Å². The van der Waals surface area contributed by atoms with Crippen LogP contribution in [0.1, 0.15) is 46.3 Å². The molecule has 5 nitrogen and oxygen atoms in total. The zero-order valence-electron chi connectivity index (χ0n) is 16.1. The van der Waals surface area contributed by atoms with E-state index in [9.17, 15) is 27.9 Å². The van der Waals surface area contributed by atoms with Crippen LogP contribution in [0, 0.1) is 0 Å². The maximum absolute atomic E-state index is 14.1. The summed E-state index contributed by atoms with van der Waals surface area (Å²) >= 11 is 0. The van der Waals surface area contributed by atoms with Crippen molar-refractivity contribution >= 4 is 11.8 Å². The molecule has 1 heterocycles. The zero-order valence-corrected chi connectivity index (χ0v) is 16.1. The highest BCUT2D eigenvalue weighted by atomic mass is 19.4.